The van der Waals surface area contributed by atoms with Gasteiger partial charge < -0.3 is 5.73 Å². The molecule has 0 saturated heterocycles. The van der Waals surface area contributed by atoms with Gasteiger partial charge in [0.05, 0.1) is 0 Å². The van der Waals surface area contributed by atoms with Crippen LogP contribution in [0.3, 0.4) is 0 Å². The highest BCUT2D eigenvalue weighted by Crippen LogP contribution is 2.51. The van der Waals surface area contributed by atoms with Crippen LogP contribution in [0.15, 0.2) is 0 Å². The number of rotatable bonds is 4. The molecule has 0 aliphatic rings. The molecule has 0 amide bonds. The van der Waals surface area contributed by atoms with Gasteiger partial charge in [0.25, 0.3) is 0 Å². The molecule has 0 radical (unpaired) electrons. The fraction of sp³-hybridized carbons (Fsp3) is 0.750. The van der Waals surface area contributed by atoms with Gasteiger partial charge in [-0.05, 0) is 28.2 Å². The minimum absolute atomic E-state index is 0.183. The summed E-state index contributed by atoms with van der Waals surface area (Å²) in [6.07, 6.45) is 0.665. The van der Waals surface area contributed by atoms with Crippen LogP contribution in [0.2, 0.25) is 0 Å². The van der Waals surface area contributed by atoms with Gasteiger partial charge in [0.2, 0.25) is 5.95 Å². The molecular weight excluding hydrogens is 227 g/mol. The molecule has 1 aromatic rings. The van der Waals surface area contributed by atoms with Gasteiger partial charge in [0.1, 0.15) is 0 Å². The van der Waals surface area contributed by atoms with E-state index in [0.29, 0.717) is 12.2 Å². The summed E-state index contributed by atoms with van der Waals surface area (Å²) in [6, 6.07) is 0. The van der Waals surface area contributed by atoms with Crippen molar-refractivity contribution >= 4 is 13.5 Å². The van der Waals surface area contributed by atoms with Crippen molar-refractivity contribution < 1.29 is 4.57 Å². The lowest BCUT2D eigenvalue weighted by Crippen LogP contribution is -2.27. The maximum Gasteiger partial charge on any atom is 0.332 e. The van der Waals surface area contributed by atoms with E-state index in [-0.39, 0.29) is 5.95 Å². The Bertz CT molecular complexity index is 401. The molecule has 0 aliphatic heterocycles. The largest absolute Gasteiger partial charge is 0.368 e. The van der Waals surface area contributed by atoms with Crippen LogP contribution in [-0.4, -0.2) is 52.1 Å². The maximum absolute atomic E-state index is 12.8. The standard InChI is InChI=1S/C8H19N6OP/c1-6-7-10-8(9)14(11-7)16(15,12(2)3)13(4)5/h6H2,1-5H3,(H2,9,10,11). The Labute approximate surface area is 95.8 Å². The molecule has 0 spiro atoms. The van der Waals surface area contributed by atoms with E-state index in [2.05, 4.69) is 10.1 Å². The van der Waals surface area contributed by atoms with Gasteiger partial charge in [-0.25, -0.2) is 9.34 Å². The molecule has 0 aliphatic carbocycles. The fourth-order valence-electron chi connectivity index (χ4n) is 1.40. The quantitative estimate of drug-likeness (QED) is 0.779. The molecule has 92 valence electrons. The van der Waals surface area contributed by atoms with Gasteiger partial charge in [0.15, 0.2) is 5.82 Å². The number of nitrogens with two attached hydrogens (primary N) is 1. The molecule has 16 heavy (non-hydrogen) atoms. The van der Waals surface area contributed by atoms with Gasteiger partial charge >= 0.3 is 7.59 Å². The molecule has 0 atom stereocenters. The molecule has 7 nitrogen and oxygen atoms in total. The van der Waals surface area contributed by atoms with Gasteiger partial charge in [-0.1, -0.05) is 6.92 Å². The highest BCUT2D eigenvalue weighted by molar-refractivity contribution is 7.57. The molecule has 8 heteroatoms. The van der Waals surface area contributed by atoms with Crippen molar-refractivity contribution in [2.45, 2.75) is 13.3 Å². The third kappa shape index (κ3) is 1.98. The van der Waals surface area contributed by atoms with Crippen molar-refractivity contribution in [1.29, 1.82) is 0 Å². The van der Waals surface area contributed by atoms with Crippen LogP contribution in [0, 0.1) is 0 Å². The van der Waals surface area contributed by atoms with Crippen molar-refractivity contribution in [3.05, 3.63) is 5.82 Å². The number of nitrogens with zero attached hydrogens (tertiary/aromatic N) is 5. The van der Waals surface area contributed by atoms with Gasteiger partial charge in [-0.2, -0.15) is 9.44 Å². The fourth-order valence-corrected chi connectivity index (χ4v) is 3.32. The number of hydrogen-bond donors (Lipinski definition) is 1. The summed E-state index contributed by atoms with van der Waals surface area (Å²) in [5.74, 6) is 0.781. The summed E-state index contributed by atoms with van der Waals surface area (Å²) in [4.78, 5) is 4.06. The molecule has 0 saturated carbocycles. The zero-order valence-corrected chi connectivity index (χ0v) is 11.3. The molecule has 0 bridgehead atoms. The summed E-state index contributed by atoms with van der Waals surface area (Å²) in [6.45, 7) is 1.93. The molecule has 0 aromatic carbocycles. The Kier molecular flexibility index (Phi) is 3.72. The minimum Gasteiger partial charge on any atom is -0.368 e. The molecule has 0 unspecified atom stereocenters. The molecule has 0 fully saturated rings. The van der Waals surface area contributed by atoms with Crippen LogP contribution < -0.4 is 5.73 Å². The Morgan fingerprint density at radius 1 is 1.31 bits per heavy atom. The van der Waals surface area contributed by atoms with E-state index >= 15 is 0 Å². The van der Waals surface area contributed by atoms with Crippen molar-refractivity contribution in [2.24, 2.45) is 0 Å². The molecule has 1 aromatic heterocycles. The average molecular weight is 246 g/mol. The first kappa shape index (κ1) is 13.2. The van der Waals surface area contributed by atoms with E-state index < -0.39 is 7.59 Å². The monoisotopic (exact) mass is 246 g/mol. The zero-order valence-electron chi connectivity index (χ0n) is 10.4. The molecule has 2 N–H and O–H groups in total. The average Bonchev–Trinajstić information content (AvgIpc) is 2.58. The lowest BCUT2D eigenvalue weighted by atomic mass is 10.5. The first-order valence-corrected chi connectivity index (χ1v) is 6.58. The van der Waals surface area contributed by atoms with Crippen molar-refractivity contribution in [3.8, 4) is 0 Å². The molecular formula is C8H19N6OP. The van der Waals surface area contributed by atoms with Gasteiger partial charge in [0, 0.05) is 6.42 Å². The number of hydrogen-bond acceptors (Lipinski definition) is 4. The topological polar surface area (TPSA) is 80.3 Å². The van der Waals surface area contributed by atoms with E-state index in [1.807, 2.05) is 6.92 Å². The van der Waals surface area contributed by atoms with Gasteiger partial charge in [-0.3, -0.25) is 4.57 Å². The van der Waals surface area contributed by atoms with Crippen LogP contribution in [0.1, 0.15) is 12.7 Å². The lowest BCUT2D eigenvalue weighted by molar-refractivity contribution is 0.431. The molecule has 1 heterocycles. The number of aryl methyl sites for hydroxylation is 1. The normalized spacial score (nSPS) is 12.7. The van der Waals surface area contributed by atoms with Crippen LogP contribution in [-0.2, 0) is 11.0 Å². The van der Waals surface area contributed by atoms with Crippen LogP contribution in [0.4, 0.5) is 5.95 Å². The Morgan fingerprint density at radius 3 is 2.12 bits per heavy atom. The number of anilines is 1. The predicted octanol–water partition coefficient (Wildman–Crippen LogP) is 0.502. The van der Waals surface area contributed by atoms with Crippen molar-refractivity contribution in [1.82, 2.24) is 23.9 Å². The van der Waals surface area contributed by atoms with E-state index in [0.717, 1.165) is 0 Å². The Balaban J connectivity index is 3.32. The van der Waals surface area contributed by atoms with Crippen molar-refractivity contribution in [3.63, 3.8) is 0 Å². The highest BCUT2D eigenvalue weighted by atomic mass is 31.2. The lowest BCUT2D eigenvalue weighted by Gasteiger charge is -2.29. The van der Waals surface area contributed by atoms with Crippen LogP contribution in [0.25, 0.3) is 0 Å². The molecule has 1 rings (SSSR count). The summed E-state index contributed by atoms with van der Waals surface area (Å²) in [5.41, 5.74) is 5.74. The summed E-state index contributed by atoms with van der Waals surface area (Å²) in [5, 5.41) is 4.18. The summed E-state index contributed by atoms with van der Waals surface area (Å²) in [7, 11) is 3.96. The second-order valence-corrected chi connectivity index (χ2v) is 6.84. The van der Waals surface area contributed by atoms with E-state index in [4.69, 9.17) is 5.73 Å². The first-order valence-electron chi connectivity index (χ1n) is 5.02. The first-order chi connectivity index (χ1) is 7.33. The highest BCUT2D eigenvalue weighted by Gasteiger charge is 2.34. The van der Waals surface area contributed by atoms with E-state index in [1.54, 1.807) is 37.5 Å². The SMILES string of the molecule is CCc1nc(N)n(P(=O)(N(C)C)N(C)C)n1. The Morgan fingerprint density at radius 2 is 1.81 bits per heavy atom. The number of aromatic nitrogens is 3. The van der Waals surface area contributed by atoms with Crippen molar-refractivity contribution in [2.75, 3.05) is 33.9 Å². The van der Waals surface area contributed by atoms with E-state index in [9.17, 15) is 4.57 Å². The zero-order chi connectivity index (χ0) is 12.5. The van der Waals surface area contributed by atoms with Crippen LogP contribution >= 0.6 is 7.59 Å². The predicted molar refractivity (Wildman–Crippen MR) is 64.2 cm³/mol. The smallest absolute Gasteiger partial charge is 0.332 e. The third-order valence-electron chi connectivity index (χ3n) is 2.26. The maximum atomic E-state index is 12.8. The minimum atomic E-state index is -2.96. The summed E-state index contributed by atoms with van der Waals surface area (Å²) < 4.78 is 17.3. The number of nitrogen functional groups attached to an aromatic ring is 1. The van der Waals surface area contributed by atoms with Crippen LogP contribution in [0.5, 0.6) is 0 Å². The third-order valence-corrected chi connectivity index (χ3v) is 5.14. The Hall–Kier alpha value is -0.910. The van der Waals surface area contributed by atoms with E-state index in [1.165, 1.54) is 4.45 Å². The second kappa shape index (κ2) is 4.53. The van der Waals surface area contributed by atoms with Gasteiger partial charge in [-0.15, -0.1) is 5.10 Å². The summed E-state index contributed by atoms with van der Waals surface area (Å²) >= 11 is 0. The second-order valence-electron chi connectivity index (χ2n) is 3.84.